The highest BCUT2D eigenvalue weighted by molar-refractivity contribution is 5.59. The topological polar surface area (TPSA) is 46.2 Å². The maximum Gasteiger partial charge on any atom is 0.135 e. The van der Waals surface area contributed by atoms with Crippen LogP contribution >= 0.6 is 0 Å². The number of benzene rings is 4. The van der Waals surface area contributed by atoms with E-state index in [2.05, 4.69) is 102 Å². The molecule has 6 atom stereocenters. The van der Waals surface area contributed by atoms with Crippen molar-refractivity contribution in [3.05, 3.63) is 107 Å². The van der Waals surface area contributed by atoms with E-state index < -0.39 is 0 Å². The molecule has 8 rings (SSSR count). The summed E-state index contributed by atoms with van der Waals surface area (Å²) in [5, 5.41) is 0. The first-order valence-corrected chi connectivity index (χ1v) is 21.0. The number of ether oxygens (including phenoxy) is 5. The minimum atomic E-state index is -0.116. The zero-order chi connectivity index (χ0) is 37.7. The van der Waals surface area contributed by atoms with Crippen LogP contribution < -0.4 is 23.7 Å². The van der Waals surface area contributed by atoms with Gasteiger partial charge in [0, 0.05) is 28.7 Å². The van der Waals surface area contributed by atoms with Gasteiger partial charge in [-0.3, -0.25) is 0 Å². The van der Waals surface area contributed by atoms with Crippen LogP contribution in [0.2, 0.25) is 0 Å². The second-order valence-corrected chi connectivity index (χ2v) is 16.6. The van der Waals surface area contributed by atoms with Gasteiger partial charge < -0.3 is 23.7 Å². The van der Waals surface area contributed by atoms with Crippen LogP contribution in [0.4, 0.5) is 0 Å². The van der Waals surface area contributed by atoms with Crippen molar-refractivity contribution in [2.45, 2.75) is 110 Å². The lowest BCUT2D eigenvalue weighted by Gasteiger charge is -2.34. The molecule has 3 aliphatic carbocycles. The molecule has 0 N–H and O–H groups in total. The molecule has 0 saturated heterocycles. The lowest BCUT2D eigenvalue weighted by Crippen LogP contribution is -2.24. The van der Waals surface area contributed by atoms with E-state index in [4.69, 9.17) is 23.7 Å². The molecule has 54 heavy (non-hydrogen) atoms. The zero-order valence-electron chi connectivity index (χ0n) is 33.6. The van der Waals surface area contributed by atoms with E-state index in [-0.39, 0.29) is 5.41 Å². The summed E-state index contributed by atoms with van der Waals surface area (Å²) < 4.78 is 29.3. The summed E-state index contributed by atoms with van der Waals surface area (Å²) in [5.74, 6) is 10.7. The van der Waals surface area contributed by atoms with Gasteiger partial charge in [0.05, 0.1) is 26.4 Å². The molecule has 2 bridgehead atoms. The van der Waals surface area contributed by atoms with Gasteiger partial charge >= 0.3 is 0 Å². The number of hydrogen-bond donors (Lipinski definition) is 0. The fourth-order valence-corrected chi connectivity index (χ4v) is 9.90. The molecule has 4 aromatic rings. The number of rotatable bonds is 14. The van der Waals surface area contributed by atoms with Crippen LogP contribution in [0.5, 0.6) is 34.5 Å². The van der Waals surface area contributed by atoms with Gasteiger partial charge in [0.25, 0.3) is 0 Å². The van der Waals surface area contributed by atoms with Crippen LogP contribution in [0.3, 0.4) is 0 Å². The smallest absolute Gasteiger partial charge is 0.135 e. The van der Waals surface area contributed by atoms with Crippen LogP contribution in [-0.4, -0.2) is 26.4 Å². The summed E-state index contributed by atoms with van der Waals surface area (Å²) in [6.45, 7) is 16.0. The van der Waals surface area contributed by atoms with E-state index in [0.29, 0.717) is 13.2 Å². The highest BCUT2D eigenvalue weighted by Gasteiger charge is 2.56. The van der Waals surface area contributed by atoms with Gasteiger partial charge in [0.15, 0.2) is 0 Å². The van der Waals surface area contributed by atoms with Gasteiger partial charge in [-0.15, -0.1) is 0 Å². The molecule has 288 valence electrons. The van der Waals surface area contributed by atoms with Gasteiger partial charge in [-0.25, -0.2) is 0 Å². The van der Waals surface area contributed by atoms with Crippen molar-refractivity contribution < 1.29 is 23.7 Å². The van der Waals surface area contributed by atoms with Gasteiger partial charge in [-0.1, -0.05) is 77.9 Å². The Bertz CT molecular complexity index is 1750. The van der Waals surface area contributed by atoms with Crippen molar-refractivity contribution in [3.8, 4) is 34.5 Å². The Hall–Kier alpha value is -4.12. The first-order valence-electron chi connectivity index (χ1n) is 21.0. The Kier molecular flexibility index (Phi) is 12.1. The van der Waals surface area contributed by atoms with Crippen molar-refractivity contribution >= 4 is 0 Å². The second-order valence-electron chi connectivity index (χ2n) is 16.6. The monoisotopic (exact) mass is 730 g/mol. The molecule has 0 aromatic heterocycles. The molecule has 3 saturated carbocycles. The summed E-state index contributed by atoms with van der Waals surface area (Å²) in [5.41, 5.74) is 5.32. The largest absolute Gasteiger partial charge is 0.494 e. The molecule has 0 amide bonds. The lowest BCUT2D eigenvalue weighted by atomic mass is 9.73. The minimum Gasteiger partial charge on any atom is -0.494 e. The van der Waals surface area contributed by atoms with E-state index in [0.717, 1.165) is 109 Å². The molecular weight excluding hydrogens is 669 g/mol. The highest BCUT2D eigenvalue weighted by Crippen LogP contribution is 2.66. The van der Waals surface area contributed by atoms with Crippen LogP contribution in [0.1, 0.15) is 127 Å². The molecule has 1 aliphatic heterocycles. The Morgan fingerprint density at radius 2 is 0.944 bits per heavy atom. The molecule has 5 nitrogen and oxygen atoms in total. The maximum atomic E-state index is 6.19. The highest BCUT2D eigenvalue weighted by atomic mass is 16.5. The molecule has 0 radical (unpaired) electrons. The predicted octanol–water partition coefficient (Wildman–Crippen LogP) is 12.9. The summed E-state index contributed by atoms with van der Waals surface area (Å²) in [6, 6.07) is 30.3. The summed E-state index contributed by atoms with van der Waals surface area (Å²) in [6.07, 6.45) is 9.75. The molecule has 3 fully saturated rings. The van der Waals surface area contributed by atoms with E-state index in [1.54, 1.807) is 5.56 Å². The fraction of sp³-hybridized carbons (Fsp3) is 0.510. The Morgan fingerprint density at radius 3 is 1.44 bits per heavy atom. The molecule has 0 spiro atoms. The second kappa shape index (κ2) is 17.1. The van der Waals surface area contributed by atoms with Crippen LogP contribution in [0, 0.1) is 23.7 Å². The Labute approximate surface area is 324 Å². The molecule has 5 heteroatoms. The van der Waals surface area contributed by atoms with Gasteiger partial charge in [-0.2, -0.15) is 0 Å². The number of fused-ring (bicyclic) bond motifs is 7. The molecular formula is C49H62O5. The summed E-state index contributed by atoms with van der Waals surface area (Å²) >= 11 is 0. The average molecular weight is 731 g/mol. The quantitative estimate of drug-likeness (QED) is 0.129. The Balaban J connectivity index is 0.000000171. The average Bonchev–Trinajstić information content (AvgIpc) is 3.92. The molecule has 4 aromatic carbocycles. The Morgan fingerprint density at radius 1 is 0.500 bits per heavy atom. The van der Waals surface area contributed by atoms with E-state index in [1.807, 2.05) is 24.3 Å². The fourth-order valence-electron chi connectivity index (χ4n) is 9.90. The summed E-state index contributed by atoms with van der Waals surface area (Å²) in [7, 11) is 0. The standard InChI is InChI=1S/C28H36O2.C21H26O3/c1-3-13-29-23-9-5-19(6-10-23)21-15-26-22-17-25(28(18-22)27(26)16-21)20-7-11-24(12-8-20)30-14-4-2;1-5-11-22-15-7-9-17-19(13-15)24-20-14-16(23-12-6-2)8-10-18(20)21(17,3)4/h5-12,21-22,25-28H,3-4,13-18H2,1-2H3;7-10,13-14H,5-6,11-12H2,1-4H3. The molecule has 4 aliphatic rings. The minimum absolute atomic E-state index is 0.116. The van der Waals surface area contributed by atoms with Crippen molar-refractivity contribution in [1.82, 2.24) is 0 Å². The van der Waals surface area contributed by atoms with Gasteiger partial charge in [0.1, 0.15) is 34.5 Å². The molecule has 6 unspecified atom stereocenters. The third-order valence-electron chi connectivity index (χ3n) is 12.5. The molecule has 1 heterocycles. The first-order chi connectivity index (χ1) is 26.3. The predicted molar refractivity (Wildman–Crippen MR) is 219 cm³/mol. The van der Waals surface area contributed by atoms with Crippen LogP contribution in [0.15, 0.2) is 84.9 Å². The normalized spacial score (nSPS) is 24.0. The van der Waals surface area contributed by atoms with Gasteiger partial charge in [-0.05, 0) is 134 Å². The van der Waals surface area contributed by atoms with Crippen LogP contribution in [0.25, 0.3) is 0 Å². The van der Waals surface area contributed by atoms with Gasteiger partial charge in [0.2, 0.25) is 0 Å². The first kappa shape index (κ1) is 38.2. The maximum absolute atomic E-state index is 6.19. The van der Waals surface area contributed by atoms with E-state index in [1.165, 1.54) is 42.4 Å². The van der Waals surface area contributed by atoms with Crippen LogP contribution in [-0.2, 0) is 5.41 Å². The third kappa shape index (κ3) is 8.11. The third-order valence-corrected chi connectivity index (χ3v) is 12.5. The lowest BCUT2D eigenvalue weighted by molar-refractivity contribution is 0.232. The van der Waals surface area contributed by atoms with Crippen molar-refractivity contribution in [2.24, 2.45) is 23.7 Å². The number of hydrogen-bond acceptors (Lipinski definition) is 5. The van der Waals surface area contributed by atoms with E-state index in [9.17, 15) is 0 Å². The van der Waals surface area contributed by atoms with E-state index >= 15 is 0 Å². The SMILES string of the molecule is CCCOc1ccc(C2CC3C4CC(c5ccc(OCCC)cc5)C(C4)C3C2)cc1.CCCOc1ccc2c(c1)Oc1cc(OCCC)ccc1C2(C)C. The summed E-state index contributed by atoms with van der Waals surface area (Å²) in [4.78, 5) is 0. The van der Waals surface area contributed by atoms with Crippen molar-refractivity contribution in [1.29, 1.82) is 0 Å². The zero-order valence-corrected chi connectivity index (χ0v) is 33.6. The van der Waals surface area contributed by atoms with Crippen molar-refractivity contribution in [3.63, 3.8) is 0 Å². The van der Waals surface area contributed by atoms with Crippen molar-refractivity contribution in [2.75, 3.05) is 26.4 Å².